The zero-order valence-electron chi connectivity index (χ0n) is 14.3. The first kappa shape index (κ1) is 17.8. The highest BCUT2D eigenvalue weighted by Gasteiger charge is 2.40. The third-order valence-corrected chi connectivity index (χ3v) is 4.50. The van der Waals surface area contributed by atoms with E-state index < -0.39 is 6.04 Å². The number of nitrogens with one attached hydrogen (secondary N) is 2. The van der Waals surface area contributed by atoms with Crippen molar-refractivity contribution in [1.29, 1.82) is 0 Å². The molecule has 0 aliphatic carbocycles. The van der Waals surface area contributed by atoms with Gasteiger partial charge in [-0.3, -0.25) is 4.79 Å². The molecule has 2 aliphatic rings. The Balaban J connectivity index is 1.73. The first-order chi connectivity index (χ1) is 12.0. The number of benzene rings is 1. The highest BCUT2D eigenvalue weighted by molar-refractivity contribution is 6.30. The van der Waals surface area contributed by atoms with Crippen LogP contribution in [0.5, 0.6) is 0 Å². The maximum atomic E-state index is 12.8. The molecule has 25 heavy (non-hydrogen) atoms. The van der Waals surface area contributed by atoms with E-state index in [0.29, 0.717) is 36.0 Å². The van der Waals surface area contributed by atoms with Crippen LogP contribution in [0.3, 0.4) is 0 Å². The Morgan fingerprint density at radius 1 is 1.28 bits per heavy atom. The first-order valence-corrected chi connectivity index (χ1v) is 8.80. The summed E-state index contributed by atoms with van der Waals surface area (Å²) in [6.45, 7) is 5.60. The number of amides is 3. The molecule has 7 heteroatoms. The van der Waals surface area contributed by atoms with E-state index in [2.05, 4.69) is 10.6 Å². The molecule has 2 aliphatic heterocycles. The van der Waals surface area contributed by atoms with Gasteiger partial charge >= 0.3 is 6.03 Å². The van der Waals surface area contributed by atoms with Crippen molar-refractivity contribution in [2.45, 2.75) is 32.4 Å². The second-order valence-corrected chi connectivity index (χ2v) is 6.91. The summed E-state index contributed by atoms with van der Waals surface area (Å²) in [6, 6.07) is 6.42. The SMILES string of the molecule is CC(C)OCCCN1CC2=C(C1=O)[C@@H](c1ccc(Cl)cc1)NC(=O)N2. The number of rotatable bonds is 6. The van der Waals surface area contributed by atoms with Crippen LogP contribution >= 0.6 is 11.6 Å². The molecule has 0 spiro atoms. The Labute approximate surface area is 152 Å². The minimum atomic E-state index is -0.453. The molecular weight excluding hydrogens is 342 g/mol. The van der Waals surface area contributed by atoms with Crippen molar-refractivity contribution >= 4 is 23.5 Å². The zero-order chi connectivity index (χ0) is 18.0. The Morgan fingerprint density at radius 2 is 2.00 bits per heavy atom. The van der Waals surface area contributed by atoms with Crippen LogP contribution < -0.4 is 10.6 Å². The predicted molar refractivity (Wildman–Crippen MR) is 95.2 cm³/mol. The first-order valence-electron chi connectivity index (χ1n) is 8.42. The highest BCUT2D eigenvalue weighted by Crippen LogP contribution is 2.32. The van der Waals surface area contributed by atoms with Crippen LogP contribution in [0.15, 0.2) is 35.5 Å². The molecule has 0 radical (unpaired) electrons. The van der Waals surface area contributed by atoms with Crippen molar-refractivity contribution in [2.75, 3.05) is 19.7 Å². The minimum absolute atomic E-state index is 0.0491. The van der Waals surface area contributed by atoms with Crippen LogP contribution in [-0.4, -0.2) is 42.6 Å². The number of halogens is 1. The van der Waals surface area contributed by atoms with Gasteiger partial charge in [0, 0.05) is 18.2 Å². The fourth-order valence-corrected chi connectivity index (χ4v) is 3.21. The van der Waals surface area contributed by atoms with E-state index in [9.17, 15) is 9.59 Å². The van der Waals surface area contributed by atoms with Gasteiger partial charge in [0.05, 0.1) is 30.0 Å². The van der Waals surface area contributed by atoms with Crippen molar-refractivity contribution in [1.82, 2.24) is 15.5 Å². The molecule has 0 bridgehead atoms. The summed E-state index contributed by atoms with van der Waals surface area (Å²) in [5.41, 5.74) is 2.12. The molecule has 1 aromatic rings. The van der Waals surface area contributed by atoms with Gasteiger partial charge in [-0.05, 0) is 38.0 Å². The topological polar surface area (TPSA) is 70.7 Å². The second-order valence-electron chi connectivity index (χ2n) is 6.48. The lowest BCUT2D eigenvalue weighted by Crippen LogP contribution is -2.44. The Bertz CT molecular complexity index is 700. The van der Waals surface area contributed by atoms with Gasteiger partial charge in [-0.15, -0.1) is 0 Å². The van der Waals surface area contributed by atoms with Crippen LogP contribution in [0.25, 0.3) is 0 Å². The van der Waals surface area contributed by atoms with E-state index in [1.165, 1.54) is 0 Å². The third kappa shape index (κ3) is 3.96. The van der Waals surface area contributed by atoms with Gasteiger partial charge in [0.25, 0.3) is 5.91 Å². The van der Waals surface area contributed by atoms with Gasteiger partial charge < -0.3 is 20.3 Å². The number of nitrogens with zero attached hydrogens (tertiary/aromatic N) is 1. The fraction of sp³-hybridized carbons (Fsp3) is 0.444. The summed E-state index contributed by atoms with van der Waals surface area (Å²) in [5, 5.41) is 6.22. The maximum Gasteiger partial charge on any atom is 0.319 e. The molecule has 0 saturated carbocycles. The van der Waals surface area contributed by atoms with E-state index in [4.69, 9.17) is 16.3 Å². The highest BCUT2D eigenvalue weighted by atomic mass is 35.5. The number of hydrogen-bond donors (Lipinski definition) is 2. The lowest BCUT2D eigenvalue weighted by atomic mass is 9.96. The van der Waals surface area contributed by atoms with E-state index in [0.717, 1.165) is 12.0 Å². The molecule has 3 amide bonds. The molecule has 3 rings (SSSR count). The zero-order valence-corrected chi connectivity index (χ0v) is 15.1. The van der Waals surface area contributed by atoms with Gasteiger partial charge in [-0.2, -0.15) is 0 Å². The Morgan fingerprint density at radius 3 is 2.68 bits per heavy atom. The molecule has 0 unspecified atom stereocenters. The number of ether oxygens (including phenoxy) is 1. The minimum Gasteiger partial charge on any atom is -0.379 e. The number of carbonyl (C=O) groups excluding carboxylic acids is 2. The van der Waals surface area contributed by atoms with Crippen LogP contribution in [-0.2, 0) is 9.53 Å². The van der Waals surface area contributed by atoms with Crippen molar-refractivity contribution < 1.29 is 14.3 Å². The monoisotopic (exact) mass is 363 g/mol. The molecule has 0 fully saturated rings. The van der Waals surface area contributed by atoms with Crippen molar-refractivity contribution in [3.05, 3.63) is 46.1 Å². The van der Waals surface area contributed by atoms with E-state index in [1.54, 1.807) is 17.0 Å². The summed E-state index contributed by atoms with van der Waals surface area (Å²) in [7, 11) is 0. The molecule has 0 saturated heterocycles. The van der Waals surface area contributed by atoms with Gasteiger partial charge in [0.15, 0.2) is 0 Å². The standard InChI is InChI=1S/C18H22ClN3O3/c1-11(2)25-9-3-8-22-10-14-15(17(22)23)16(21-18(24)20-14)12-4-6-13(19)7-5-12/h4-7,11,16H,3,8-10H2,1-2H3,(H2,20,21,24)/t16-/m1/s1. The van der Waals surface area contributed by atoms with Crippen molar-refractivity contribution in [3.63, 3.8) is 0 Å². The largest absolute Gasteiger partial charge is 0.379 e. The average molecular weight is 364 g/mol. The fourth-order valence-electron chi connectivity index (χ4n) is 3.09. The van der Waals surface area contributed by atoms with Crippen LogP contribution in [0.1, 0.15) is 31.9 Å². The molecule has 1 aromatic carbocycles. The van der Waals surface area contributed by atoms with Gasteiger partial charge in [-0.25, -0.2) is 4.79 Å². The molecule has 2 N–H and O–H groups in total. The summed E-state index contributed by atoms with van der Waals surface area (Å²) in [4.78, 5) is 26.6. The smallest absolute Gasteiger partial charge is 0.319 e. The quantitative estimate of drug-likeness (QED) is 0.763. The van der Waals surface area contributed by atoms with E-state index in [-0.39, 0.29) is 18.0 Å². The van der Waals surface area contributed by atoms with Gasteiger partial charge in [0.2, 0.25) is 0 Å². The lowest BCUT2D eigenvalue weighted by molar-refractivity contribution is -0.126. The van der Waals surface area contributed by atoms with Crippen LogP contribution in [0.2, 0.25) is 5.02 Å². The van der Waals surface area contributed by atoms with Crippen molar-refractivity contribution in [2.24, 2.45) is 0 Å². The number of hydrogen-bond acceptors (Lipinski definition) is 3. The summed E-state index contributed by atoms with van der Waals surface area (Å²) in [5.74, 6) is -0.0491. The Kier molecular flexibility index (Phi) is 5.30. The lowest BCUT2D eigenvalue weighted by Gasteiger charge is -2.25. The van der Waals surface area contributed by atoms with Crippen LogP contribution in [0, 0.1) is 0 Å². The third-order valence-electron chi connectivity index (χ3n) is 4.25. The summed E-state index contributed by atoms with van der Waals surface area (Å²) >= 11 is 5.94. The molecule has 0 aromatic heterocycles. The van der Waals surface area contributed by atoms with Crippen molar-refractivity contribution in [3.8, 4) is 0 Å². The van der Waals surface area contributed by atoms with E-state index >= 15 is 0 Å². The molecular formula is C18H22ClN3O3. The normalized spacial score (nSPS) is 20.0. The van der Waals surface area contributed by atoms with Gasteiger partial charge in [0.1, 0.15) is 0 Å². The maximum absolute atomic E-state index is 12.8. The molecule has 2 heterocycles. The average Bonchev–Trinajstić information content (AvgIpc) is 2.87. The summed E-state index contributed by atoms with van der Waals surface area (Å²) in [6.07, 6.45) is 0.940. The molecule has 134 valence electrons. The number of urea groups is 1. The van der Waals surface area contributed by atoms with Crippen LogP contribution in [0.4, 0.5) is 4.79 Å². The number of carbonyl (C=O) groups is 2. The molecule has 6 nitrogen and oxygen atoms in total. The summed E-state index contributed by atoms with van der Waals surface area (Å²) < 4.78 is 5.53. The van der Waals surface area contributed by atoms with E-state index in [1.807, 2.05) is 26.0 Å². The second kappa shape index (κ2) is 7.45. The Hall–Kier alpha value is -2.05. The predicted octanol–water partition coefficient (Wildman–Crippen LogP) is 2.61. The van der Waals surface area contributed by atoms with Gasteiger partial charge in [-0.1, -0.05) is 23.7 Å². The molecule has 1 atom stereocenters.